The van der Waals surface area contributed by atoms with Gasteiger partial charge in [0.25, 0.3) is 5.91 Å². The number of hydrogen-bond acceptors (Lipinski definition) is 5. The van der Waals surface area contributed by atoms with Gasteiger partial charge in [-0.05, 0) is 54.1 Å². The Morgan fingerprint density at radius 3 is 2.83 bits per heavy atom. The van der Waals surface area contributed by atoms with Crippen LogP contribution in [0.25, 0.3) is 6.08 Å². The molecule has 30 heavy (non-hydrogen) atoms. The summed E-state index contributed by atoms with van der Waals surface area (Å²) < 4.78 is 5.84. The third-order valence-electron chi connectivity index (χ3n) is 4.38. The predicted octanol–water partition coefficient (Wildman–Crippen LogP) is 5.60. The summed E-state index contributed by atoms with van der Waals surface area (Å²) >= 11 is 13.4. The van der Waals surface area contributed by atoms with Crippen molar-refractivity contribution in [2.45, 2.75) is 20.0 Å². The topological polar surface area (TPSA) is 78.1 Å². The Labute approximate surface area is 187 Å². The van der Waals surface area contributed by atoms with Crippen LogP contribution in [0.5, 0.6) is 5.75 Å². The van der Waals surface area contributed by atoms with Crippen LogP contribution in [0.3, 0.4) is 0 Å². The van der Waals surface area contributed by atoms with E-state index in [0.717, 1.165) is 17.0 Å². The van der Waals surface area contributed by atoms with Crippen LogP contribution in [0.15, 0.2) is 58.1 Å². The third-order valence-corrected chi connectivity index (χ3v) is 6.02. The average Bonchev–Trinajstić information content (AvgIpc) is 3.14. The number of carbonyl (C=O) groups excluding carboxylic acids is 1. The van der Waals surface area contributed by atoms with Gasteiger partial charge in [-0.2, -0.15) is 15.1 Å². The highest BCUT2D eigenvalue weighted by molar-refractivity contribution is 8.26. The maximum absolute atomic E-state index is 12.5. The molecule has 6 nitrogen and oxygen atoms in total. The molecule has 0 aromatic heterocycles. The Kier molecular flexibility index (Phi) is 5.94. The molecule has 0 spiro atoms. The molecule has 0 aliphatic carbocycles. The van der Waals surface area contributed by atoms with Crippen molar-refractivity contribution in [3.8, 4) is 5.75 Å². The summed E-state index contributed by atoms with van der Waals surface area (Å²) in [5.41, 5.74) is 1.71. The number of amidine groups is 2. The van der Waals surface area contributed by atoms with E-state index in [1.807, 2.05) is 31.2 Å². The molecule has 2 aromatic rings. The van der Waals surface area contributed by atoms with Gasteiger partial charge in [-0.15, -0.1) is 0 Å². The molecule has 2 aliphatic rings. The third kappa shape index (κ3) is 4.28. The highest BCUT2D eigenvalue weighted by atomic mass is 35.5. The molecule has 2 heterocycles. The number of amides is 1. The van der Waals surface area contributed by atoms with Gasteiger partial charge in [0.05, 0.1) is 5.57 Å². The van der Waals surface area contributed by atoms with E-state index < -0.39 is 5.91 Å². The lowest BCUT2D eigenvalue weighted by Crippen LogP contribution is -2.35. The first-order valence-electron chi connectivity index (χ1n) is 9.10. The summed E-state index contributed by atoms with van der Waals surface area (Å²) in [4.78, 5) is 16.5. The van der Waals surface area contributed by atoms with Crippen molar-refractivity contribution in [2.24, 2.45) is 10.1 Å². The van der Waals surface area contributed by atoms with Crippen LogP contribution in [0, 0.1) is 5.41 Å². The van der Waals surface area contributed by atoms with Crippen molar-refractivity contribution in [3.05, 3.63) is 69.2 Å². The van der Waals surface area contributed by atoms with E-state index in [1.165, 1.54) is 16.8 Å². The SMILES string of the molecule is CCC1=NN2C(=N)/C(=C/c3cccc(OCc4ccc(Cl)cc4Cl)c3)C(=O)N=C2S1. The first-order chi connectivity index (χ1) is 14.4. The smallest absolute Gasteiger partial charge is 0.283 e. The van der Waals surface area contributed by atoms with Crippen LogP contribution in [-0.2, 0) is 11.4 Å². The molecule has 0 saturated carbocycles. The average molecular weight is 459 g/mol. The molecule has 2 aromatic carbocycles. The van der Waals surface area contributed by atoms with Gasteiger partial charge in [-0.25, -0.2) is 0 Å². The highest BCUT2D eigenvalue weighted by Gasteiger charge is 2.35. The van der Waals surface area contributed by atoms with E-state index in [1.54, 1.807) is 24.3 Å². The molecule has 2 aliphatic heterocycles. The van der Waals surface area contributed by atoms with E-state index in [-0.39, 0.29) is 18.0 Å². The molecule has 4 rings (SSSR count). The normalized spacial score (nSPS) is 17.2. The van der Waals surface area contributed by atoms with E-state index >= 15 is 0 Å². The fourth-order valence-corrected chi connectivity index (χ4v) is 4.12. The van der Waals surface area contributed by atoms with Gasteiger partial charge in [0.1, 0.15) is 17.4 Å². The number of hydrazone groups is 1. The monoisotopic (exact) mass is 458 g/mol. The summed E-state index contributed by atoms with van der Waals surface area (Å²) in [5, 5.41) is 16.5. The fraction of sp³-hybridized carbons (Fsp3) is 0.143. The van der Waals surface area contributed by atoms with Crippen LogP contribution in [0.4, 0.5) is 0 Å². The molecule has 0 bridgehead atoms. The van der Waals surface area contributed by atoms with Gasteiger partial charge in [-0.3, -0.25) is 10.2 Å². The Hall–Kier alpha value is -2.61. The van der Waals surface area contributed by atoms with Crippen LogP contribution >= 0.6 is 35.0 Å². The zero-order valence-corrected chi connectivity index (χ0v) is 18.2. The second-order valence-electron chi connectivity index (χ2n) is 6.46. The lowest BCUT2D eigenvalue weighted by Gasteiger charge is -2.20. The van der Waals surface area contributed by atoms with E-state index in [0.29, 0.717) is 26.5 Å². The molecule has 0 unspecified atom stereocenters. The van der Waals surface area contributed by atoms with E-state index in [4.69, 9.17) is 33.3 Å². The highest BCUT2D eigenvalue weighted by Crippen LogP contribution is 2.29. The van der Waals surface area contributed by atoms with Gasteiger partial charge >= 0.3 is 0 Å². The zero-order valence-electron chi connectivity index (χ0n) is 15.9. The minimum absolute atomic E-state index is 0.0141. The number of nitrogens with zero attached hydrogens (tertiary/aromatic N) is 3. The lowest BCUT2D eigenvalue weighted by molar-refractivity contribution is -0.114. The molecule has 0 fully saturated rings. The number of ether oxygens (including phenoxy) is 1. The van der Waals surface area contributed by atoms with Gasteiger partial charge in [-0.1, -0.05) is 48.3 Å². The summed E-state index contributed by atoms with van der Waals surface area (Å²) in [6.07, 6.45) is 2.34. The van der Waals surface area contributed by atoms with Crippen molar-refractivity contribution >= 4 is 63.0 Å². The first-order valence-corrected chi connectivity index (χ1v) is 10.7. The molecule has 0 atom stereocenters. The second kappa shape index (κ2) is 8.63. The van der Waals surface area contributed by atoms with Crippen molar-refractivity contribution in [3.63, 3.8) is 0 Å². The van der Waals surface area contributed by atoms with Crippen LogP contribution < -0.4 is 4.74 Å². The molecule has 0 saturated heterocycles. The van der Waals surface area contributed by atoms with Gasteiger partial charge in [0.15, 0.2) is 5.84 Å². The number of nitrogens with one attached hydrogen (secondary N) is 1. The maximum atomic E-state index is 12.5. The number of thioether (sulfide) groups is 1. The Balaban J connectivity index is 1.54. The van der Waals surface area contributed by atoms with Gasteiger partial charge in [0.2, 0.25) is 5.17 Å². The number of aliphatic imine (C=N–C) groups is 1. The molecule has 1 N–H and O–H groups in total. The number of benzene rings is 2. The number of halogens is 2. The number of carbonyl (C=O) groups is 1. The number of fused-ring (bicyclic) bond motifs is 1. The molecular weight excluding hydrogens is 443 g/mol. The molecule has 0 radical (unpaired) electrons. The first kappa shape index (κ1) is 20.7. The van der Waals surface area contributed by atoms with Crippen molar-refractivity contribution in [1.82, 2.24) is 5.01 Å². The molecule has 152 valence electrons. The molecular formula is C21H16Cl2N4O2S. The van der Waals surface area contributed by atoms with Crippen LogP contribution in [0.2, 0.25) is 10.0 Å². The molecule has 1 amide bonds. The Morgan fingerprint density at radius 2 is 2.07 bits per heavy atom. The number of rotatable bonds is 5. The Morgan fingerprint density at radius 1 is 1.23 bits per heavy atom. The van der Waals surface area contributed by atoms with Crippen molar-refractivity contribution < 1.29 is 9.53 Å². The zero-order chi connectivity index (χ0) is 21.3. The summed E-state index contributed by atoms with van der Waals surface area (Å²) in [7, 11) is 0. The van der Waals surface area contributed by atoms with Gasteiger partial charge in [0, 0.05) is 15.6 Å². The minimum Gasteiger partial charge on any atom is -0.489 e. The summed E-state index contributed by atoms with van der Waals surface area (Å²) in [6.45, 7) is 2.24. The summed E-state index contributed by atoms with van der Waals surface area (Å²) in [6, 6.07) is 12.5. The van der Waals surface area contributed by atoms with Crippen LogP contribution in [-0.4, -0.2) is 27.0 Å². The standard InChI is InChI=1S/C21H16Cl2N4O2S/c1-2-18-26-27-19(24)16(20(28)25-21(27)30-18)9-12-4-3-5-15(8-12)29-11-13-6-7-14(22)10-17(13)23/h3-10,24H,2,11H2,1H3/b16-9-,24-19?. The Bertz CT molecular complexity index is 1140. The maximum Gasteiger partial charge on any atom is 0.283 e. The summed E-state index contributed by atoms with van der Waals surface area (Å²) in [5.74, 6) is 0.170. The van der Waals surface area contributed by atoms with Gasteiger partial charge < -0.3 is 4.74 Å². The number of hydrogen-bond donors (Lipinski definition) is 1. The quantitative estimate of drug-likeness (QED) is 0.591. The lowest BCUT2D eigenvalue weighted by atomic mass is 10.1. The second-order valence-corrected chi connectivity index (χ2v) is 8.35. The van der Waals surface area contributed by atoms with Crippen molar-refractivity contribution in [1.29, 1.82) is 5.41 Å². The molecule has 9 heteroatoms. The van der Waals surface area contributed by atoms with E-state index in [9.17, 15) is 4.79 Å². The van der Waals surface area contributed by atoms with E-state index in [2.05, 4.69) is 10.1 Å². The largest absolute Gasteiger partial charge is 0.489 e. The fourth-order valence-electron chi connectivity index (χ4n) is 2.84. The van der Waals surface area contributed by atoms with Crippen molar-refractivity contribution in [2.75, 3.05) is 0 Å². The minimum atomic E-state index is -0.453. The van der Waals surface area contributed by atoms with Crippen LogP contribution in [0.1, 0.15) is 24.5 Å². The predicted molar refractivity (Wildman–Crippen MR) is 123 cm³/mol.